The van der Waals surface area contributed by atoms with E-state index in [1.54, 1.807) is 6.07 Å². The summed E-state index contributed by atoms with van der Waals surface area (Å²) in [5.74, 6) is 1.65. The normalized spacial score (nSPS) is 26.8. The first-order valence-corrected chi connectivity index (χ1v) is 8.00. The Hall–Kier alpha value is -0.890. The molecule has 0 bridgehead atoms. The summed E-state index contributed by atoms with van der Waals surface area (Å²) in [6.07, 6.45) is 3.61. The molecule has 1 aromatic rings. The zero-order chi connectivity index (χ0) is 14.7. The Balaban J connectivity index is 2.30. The highest BCUT2D eigenvalue weighted by Crippen LogP contribution is 2.42. The Morgan fingerprint density at radius 3 is 2.65 bits per heavy atom. The molecule has 1 fully saturated rings. The zero-order valence-electron chi connectivity index (χ0n) is 13.3. The van der Waals surface area contributed by atoms with Gasteiger partial charge in [-0.25, -0.2) is 4.39 Å². The van der Waals surface area contributed by atoms with Gasteiger partial charge in [-0.2, -0.15) is 0 Å². The largest absolute Gasteiger partial charge is 0.317 e. The maximum absolute atomic E-state index is 14.5. The fraction of sp³-hybridized carbons (Fsp3) is 0.667. The number of nitrogens with one attached hydrogen (secondary N) is 1. The van der Waals surface area contributed by atoms with Crippen LogP contribution in [0.3, 0.4) is 0 Å². The van der Waals surface area contributed by atoms with E-state index in [-0.39, 0.29) is 5.82 Å². The quantitative estimate of drug-likeness (QED) is 0.850. The highest BCUT2D eigenvalue weighted by molar-refractivity contribution is 5.35. The summed E-state index contributed by atoms with van der Waals surface area (Å²) in [6.45, 7) is 10.5. The topological polar surface area (TPSA) is 12.0 Å². The Morgan fingerprint density at radius 2 is 2.00 bits per heavy atom. The number of rotatable bonds is 4. The first-order valence-electron chi connectivity index (χ1n) is 8.00. The molecule has 20 heavy (non-hydrogen) atoms. The lowest BCUT2D eigenvalue weighted by Crippen LogP contribution is -2.32. The summed E-state index contributed by atoms with van der Waals surface area (Å²) >= 11 is 0. The number of hydrogen-bond acceptors (Lipinski definition) is 1. The summed E-state index contributed by atoms with van der Waals surface area (Å²) in [4.78, 5) is 0. The van der Waals surface area contributed by atoms with Gasteiger partial charge in [0.1, 0.15) is 5.82 Å². The Kier molecular flexibility index (Phi) is 5.20. The van der Waals surface area contributed by atoms with Gasteiger partial charge in [-0.3, -0.25) is 0 Å². The van der Waals surface area contributed by atoms with E-state index < -0.39 is 0 Å². The van der Waals surface area contributed by atoms with Crippen LogP contribution in [0.15, 0.2) is 12.1 Å². The summed E-state index contributed by atoms with van der Waals surface area (Å²) in [7, 11) is 0. The van der Waals surface area contributed by atoms with Gasteiger partial charge >= 0.3 is 0 Å². The molecule has 0 radical (unpaired) electrons. The third kappa shape index (κ3) is 3.41. The second-order valence-corrected chi connectivity index (χ2v) is 6.57. The van der Waals surface area contributed by atoms with Crippen LogP contribution in [0.5, 0.6) is 0 Å². The predicted molar refractivity (Wildman–Crippen MR) is 83.7 cm³/mol. The van der Waals surface area contributed by atoms with Gasteiger partial charge in [0, 0.05) is 0 Å². The summed E-state index contributed by atoms with van der Waals surface area (Å²) in [6, 6.07) is 3.83. The van der Waals surface area contributed by atoms with Gasteiger partial charge < -0.3 is 5.32 Å². The predicted octanol–water partition coefficient (Wildman–Crippen LogP) is 4.57. The highest BCUT2D eigenvalue weighted by atomic mass is 19.1. The minimum Gasteiger partial charge on any atom is -0.317 e. The van der Waals surface area contributed by atoms with Crippen molar-refractivity contribution < 1.29 is 4.39 Å². The lowest BCUT2D eigenvalue weighted by molar-refractivity contribution is 0.238. The van der Waals surface area contributed by atoms with Crippen molar-refractivity contribution in [2.45, 2.75) is 52.9 Å². The summed E-state index contributed by atoms with van der Waals surface area (Å²) < 4.78 is 14.5. The van der Waals surface area contributed by atoms with Crippen molar-refractivity contribution in [3.63, 3.8) is 0 Å². The van der Waals surface area contributed by atoms with E-state index in [0.29, 0.717) is 17.8 Å². The molecule has 1 aromatic carbocycles. The van der Waals surface area contributed by atoms with Gasteiger partial charge in [0.05, 0.1) is 0 Å². The van der Waals surface area contributed by atoms with E-state index >= 15 is 0 Å². The minimum atomic E-state index is 0.00287. The van der Waals surface area contributed by atoms with Crippen LogP contribution in [0, 0.1) is 31.5 Å². The number of aryl methyl sites for hydroxylation is 2. The van der Waals surface area contributed by atoms with Crippen LogP contribution in [0.25, 0.3) is 0 Å². The van der Waals surface area contributed by atoms with Gasteiger partial charge in [0.25, 0.3) is 0 Å². The van der Waals surface area contributed by atoms with Crippen molar-refractivity contribution >= 4 is 0 Å². The lowest BCUT2D eigenvalue weighted by Gasteiger charge is -2.36. The van der Waals surface area contributed by atoms with Gasteiger partial charge in [0.2, 0.25) is 0 Å². The molecule has 1 N–H and O–H groups in total. The summed E-state index contributed by atoms with van der Waals surface area (Å²) in [5.41, 5.74) is 3.13. The van der Waals surface area contributed by atoms with Gasteiger partial charge in [-0.1, -0.05) is 26.3 Å². The van der Waals surface area contributed by atoms with E-state index in [4.69, 9.17) is 0 Å². The highest BCUT2D eigenvalue weighted by Gasteiger charge is 2.32. The Morgan fingerprint density at radius 1 is 1.25 bits per heavy atom. The molecule has 1 aliphatic rings. The molecule has 2 heteroatoms. The van der Waals surface area contributed by atoms with Crippen LogP contribution in [-0.2, 0) is 0 Å². The first kappa shape index (κ1) is 15.5. The Labute approximate surface area is 123 Å². The molecule has 0 saturated heterocycles. The van der Waals surface area contributed by atoms with Crippen molar-refractivity contribution in [3.05, 3.63) is 34.6 Å². The molecule has 0 amide bonds. The molecule has 0 aromatic heterocycles. The van der Waals surface area contributed by atoms with Crippen molar-refractivity contribution in [3.8, 4) is 0 Å². The van der Waals surface area contributed by atoms with Crippen LogP contribution in [-0.4, -0.2) is 13.1 Å². The Bertz CT molecular complexity index is 430. The molecule has 112 valence electrons. The second-order valence-electron chi connectivity index (χ2n) is 6.57. The molecule has 0 heterocycles. The van der Waals surface area contributed by atoms with Gasteiger partial charge in [-0.05, 0) is 80.3 Å². The third-order valence-corrected chi connectivity index (χ3v) is 4.76. The molecule has 1 saturated carbocycles. The maximum atomic E-state index is 14.5. The fourth-order valence-corrected chi connectivity index (χ4v) is 3.77. The minimum absolute atomic E-state index is 0.00287. The third-order valence-electron chi connectivity index (χ3n) is 4.76. The number of halogens is 1. The van der Waals surface area contributed by atoms with E-state index in [2.05, 4.69) is 32.2 Å². The van der Waals surface area contributed by atoms with Crippen LogP contribution >= 0.6 is 0 Å². The standard InChI is InChI=1S/C18H28FN/c1-5-20-11-15-7-6-12(2)9-16(15)18-14(4)8-13(3)10-17(18)19/h8,10,12,15-16,20H,5-7,9,11H2,1-4H3. The van der Waals surface area contributed by atoms with Crippen molar-refractivity contribution in [2.24, 2.45) is 11.8 Å². The molecular weight excluding hydrogens is 249 g/mol. The van der Waals surface area contributed by atoms with Crippen LogP contribution in [0.4, 0.5) is 4.39 Å². The van der Waals surface area contributed by atoms with Gasteiger partial charge in [-0.15, -0.1) is 0 Å². The molecule has 0 aliphatic heterocycles. The monoisotopic (exact) mass is 277 g/mol. The summed E-state index contributed by atoms with van der Waals surface area (Å²) in [5, 5.41) is 3.46. The maximum Gasteiger partial charge on any atom is 0.127 e. The smallest absolute Gasteiger partial charge is 0.127 e. The average molecular weight is 277 g/mol. The van der Waals surface area contributed by atoms with Crippen molar-refractivity contribution in [2.75, 3.05) is 13.1 Å². The molecule has 0 spiro atoms. The molecule has 1 nitrogen and oxygen atoms in total. The van der Waals surface area contributed by atoms with Crippen LogP contribution in [0.1, 0.15) is 55.7 Å². The van der Waals surface area contributed by atoms with Crippen LogP contribution < -0.4 is 5.32 Å². The zero-order valence-corrected chi connectivity index (χ0v) is 13.3. The van der Waals surface area contributed by atoms with Crippen molar-refractivity contribution in [1.82, 2.24) is 5.32 Å². The van der Waals surface area contributed by atoms with Crippen molar-refractivity contribution in [1.29, 1.82) is 0 Å². The average Bonchev–Trinajstić information content (AvgIpc) is 2.36. The first-order chi connectivity index (χ1) is 9.52. The van der Waals surface area contributed by atoms with E-state index in [1.165, 1.54) is 12.8 Å². The fourth-order valence-electron chi connectivity index (χ4n) is 3.77. The van der Waals surface area contributed by atoms with Gasteiger partial charge in [0.15, 0.2) is 0 Å². The second kappa shape index (κ2) is 6.71. The van der Waals surface area contributed by atoms with Crippen LogP contribution in [0.2, 0.25) is 0 Å². The molecule has 3 atom stereocenters. The molecular formula is C18H28FN. The SMILES string of the molecule is CCNCC1CCC(C)CC1c1c(C)cc(C)cc1F. The van der Waals surface area contributed by atoms with E-state index in [0.717, 1.165) is 36.2 Å². The number of hydrogen-bond donors (Lipinski definition) is 1. The lowest BCUT2D eigenvalue weighted by atomic mass is 9.70. The van der Waals surface area contributed by atoms with E-state index in [9.17, 15) is 4.39 Å². The molecule has 1 aliphatic carbocycles. The molecule has 2 rings (SSSR count). The molecule has 3 unspecified atom stereocenters. The van der Waals surface area contributed by atoms with E-state index in [1.807, 2.05) is 6.92 Å². The number of benzene rings is 1.